The highest BCUT2D eigenvalue weighted by atomic mass is 19.3. The van der Waals surface area contributed by atoms with Crippen molar-refractivity contribution in [2.75, 3.05) is 5.73 Å². The molecule has 2 rings (SSSR count). The van der Waals surface area contributed by atoms with Crippen LogP contribution in [0.1, 0.15) is 12.0 Å². The van der Waals surface area contributed by atoms with Gasteiger partial charge in [0.2, 0.25) is 0 Å². The number of aromatic nitrogens is 1. The Morgan fingerprint density at radius 2 is 2.07 bits per heavy atom. The summed E-state index contributed by atoms with van der Waals surface area (Å²) in [4.78, 5) is 0. The zero-order chi connectivity index (χ0) is 10.8. The number of hydrogen-bond donors (Lipinski definition) is 1. The van der Waals surface area contributed by atoms with E-state index in [0.29, 0.717) is 11.3 Å². The van der Waals surface area contributed by atoms with Crippen LogP contribution in [0, 0.1) is 0 Å². The lowest BCUT2D eigenvalue weighted by molar-refractivity contribution is 0.151. The maximum absolute atomic E-state index is 12.4. The van der Waals surface area contributed by atoms with E-state index in [9.17, 15) is 8.78 Å². The predicted molar refractivity (Wildman–Crippen MR) is 51.3 cm³/mol. The summed E-state index contributed by atoms with van der Waals surface area (Å²) in [6.45, 7) is 0. The van der Waals surface area contributed by atoms with Crippen LogP contribution in [0.25, 0.3) is 11.3 Å². The van der Waals surface area contributed by atoms with Crippen LogP contribution >= 0.6 is 0 Å². The minimum atomic E-state index is -2.50. The molecule has 1 heterocycles. The summed E-state index contributed by atoms with van der Waals surface area (Å²) in [5.41, 5.74) is 5.85. The molecule has 15 heavy (non-hydrogen) atoms. The van der Waals surface area contributed by atoms with Gasteiger partial charge in [-0.25, -0.2) is 8.78 Å². The third-order valence-corrected chi connectivity index (χ3v) is 1.95. The number of alkyl halides is 2. The number of halogens is 2. The molecule has 0 aliphatic carbocycles. The molecule has 2 aromatic rings. The van der Waals surface area contributed by atoms with Gasteiger partial charge in [-0.15, -0.1) is 0 Å². The van der Waals surface area contributed by atoms with Crippen LogP contribution in [0.4, 0.5) is 14.6 Å². The van der Waals surface area contributed by atoms with Gasteiger partial charge in [0.25, 0.3) is 6.43 Å². The fraction of sp³-hybridized carbons (Fsp3) is 0.100. The zero-order valence-electron chi connectivity index (χ0n) is 7.65. The molecule has 3 nitrogen and oxygen atoms in total. The van der Waals surface area contributed by atoms with Crippen molar-refractivity contribution in [3.05, 3.63) is 35.9 Å². The Hall–Kier alpha value is -1.91. The number of nitrogens with zero attached hydrogens (tertiary/aromatic N) is 1. The van der Waals surface area contributed by atoms with E-state index in [-0.39, 0.29) is 11.4 Å². The normalized spacial score (nSPS) is 10.9. The van der Waals surface area contributed by atoms with Gasteiger partial charge in [-0.05, 0) is 6.07 Å². The Morgan fingerprint density at radius 3 is 2.67 bits per heavy atom. The molecule has 0 spiro atoms. The summed E-state index contributed by atoms with van der Waals surface area (Å²) >= 11 is 0. The zero-order valence-corrected chi connectivity index (χ0v) is 7.65. The maximum atomic E-state index is 12.4. The number of benzene rings is 1. The van der Waals surface area contributed by atoms with Gasteiger partial charge in [-0.1, -0.05) is 23.4 Å². The van der Waals surface area contributed by atoms with Gasteiger partial charge in [-0.2, -0.15) is 0 Å². The summed E-state index contributed by atoms with van der Waals surface area (Å²) in [6, 6.07) is 7.39. The van der Waals surface area contributed by atoms with Crippen LogP contribution in [0.3, 0.4) is 0 Å². The molecule has 0 fully saturated rings. The molecule has 0 bridgehead atoms. The first-order valence-corrected chi connectivity index (χ1v) is 4.27. The monoisotopic (exact) mass is 210 g/mol. The SMILES string of the molecule is Nc1cc(-c2cccc(C(F)F)c2)on1. The molecule has 0 amide bonds. The van der Waals surface area contributed by atoms with E-state index in [1.165, 1.54) is 24.3 Å². The Labute approximate surface area is 84.5 Å². The molecule has 0 saturated carbocycles. The van der Waals surface area contributed by atoms with Crippen molar-refractivity contribution in [3.63, 3.8) is 0 Å². The van der Waals surface area contributed by atoms with Crippen molar-refractivity contribution in [1.29, 1.82) is 0 Å². The Balaban J connectivity index is 2.41. The van der Waals surface area contributed by atoms with E-state index in [2.05, 4.69) is 5.16 Å². The highest BCUT2D eigenvalue weighted by Gasteiger charge is 2.10. The molecule has 0 radical (unpaired) electrons. The minimum absolute atomic E-state index is 0.0533. The highest BCUT2D eigenvalue weighted by molar-refractivity contribution is 5.60. The molecule has 5 heteroatoms. The first-order chi connectivity index (χ1) is 7.16. The Bertz CT molecular complexity index is 468. The lowest BCUT2D eigenvalue weighted by atomic mass is 10.1. The Morgan fingerprint density at radius 1 is 1.27 bits per heavy atom. The summed E-state index contributed by atoms with van der Waals surface area (Å²) in [7, 11) is 0. The van der Waals surface area contributed by atoms with Gasteiger partial charge >= 0.3 is 0 Å². The van der Waals surface area contributed by atoms with Crippen molar-refractivity contribution < 1.29 is 13.3 Å². The maximum Gasteiger partial charge on any atom is 0.263 e. The molecular weight excluding hydrogens is 202 g/mol. The molecule has 78 valence electrons. The fourth-order valence-electron chi connectivity index (χ4n) is 1.25. The third kappa shape index (κ3) is 1.96. The van der Waals surface area contributed by atoms with Gasteiger partial charge < -0.3 is 10.3 Å². The van der Waals surface area contributed by atoms with Crippen LogP contribution in [-0.4, -0.2) is 5.16 Å². The second-order valence-corrected chi connectivity index (χ2v) is 3.04. The fourth-order valence-corrected chi connectivity index (χ4v) is 1.25. The van der Waals surface area contributed by atoms with Gasteiger partial charge in [0.15, 0.2) is 11.6 Å². The van der Waals surface area contributed by atoms with Gasteiger partial charge in [0.05, 0.1) is 0 Å². The molecule has 2 N–H and O–H groups in total. The lowest BCUT2D eigenvalue weighted by Crippen LogP contribution is -1.84. The average molecular weight is 210 g/mol. The van der Waals surface area contributed by atoms with Crippen LogP contribution in [0.15, 0.2) is 34.9 Å². The number of nitrogen functional groups attached to an aromatic ring is 1. The van der Waals surface area contributed by atoms with Gasteiger partial charge in [-0.3, -0.25) is 0 Å². The predicted octanol–water partition coefficient (Wildman–Crippen LogP) is 2.86. The molecule has 0 saturated heterocycles. The second-order valence-electron chi connectivity index (χ2n) is 3.04. The highest BCUT2D eigenvalue weighted by Crippen LogP contribution is 2.26. The van der Waals surface area contributed by atoms with Crippen LogP contribution < -0.4 is 5.73 Å². The largest absolute Gasteiger partial charge is 0.381 e. The molecule has 1 aromatic heterocycles. The van der Waals surface area contributed by atoms with E-state index < -0.39 is 6.43 Å². The summed E-state index contributed by atoms with van der Waals surface area (Å²) < 4.78 is 29.7. The molecule has 0 aliphatic heterocycles. The van der Waals surface area contributed by atoms with Crippen molar-refractivity contribution in [3.8, 4) is 11.3 Å². The lowest BCUT2D eigenvalue weighted by Gasteiger charge is -2.00. The van der Waals surface area contributed by atoms with Crippen molar-refractivity contribution in [1.82, 2.24) is 5.16 Å². The van der Waals surface area contributed by atoms with Crippen LogP contribution in [0.2, 0.25) is 0 Å². The number of nitrogens with two attached hydrogens (primary N) is 1. The van der Waals surface area contributed by atoms with E-state index in [4.69, 9.17) is 10.3 Å². The van der Waals surface area contributed by atoms with Gasteiger partial charge in [0.1, 0.15) is 0 Å². The molecule has 0 atom stereocenters. The minimum Gasteiger partial charge on any atom is -0.381 e. The summed E-state index contributed by atoms with van der Waals surface area (Å²) in [5, 5.41) is 3.48. The number of anilines is 1. The van der Waals surface area contributed by atoms with E-state index in [1.807, 2.05) is 0 Å². The summed E-state index contributed by atoms with van der Waals surface area (Å²) in [6.07, 6.45) is -2.50. The van der Waals surface area contributed by atoms with E-state index in [1.54, 1.807) is 6.07 Å². The van der Waals surface area contributed by atoms with E-state index in [0.717, 1.165) is 0 Å². The van der Waals surface area contributed by atoms with Crippen LogP contribution in [0.5, 0.6) is 0 Å². The first-order valence-electron chi connectivity index (χ1n) is 4.27. The van der Waals surface area contributed by atoms with Crippen molar-refractivity contribution in [2.24, 2.45) is 0 Å². The van der Waals surface area contributed by atoms with E-state index >= 15 is 0 Å². The van der Waals surface area contributed by atoms with Gasteiger partial charge in [0, 0.05) is 17.2 Å². The average Bonchev–Trinajstić information content (AvgIpc) is 2.65. The standard InChI is InChI=1S/C10H8F2N2O/c11-10(12)7-3-1-2-6(4-7)8-5-9(13)14-15-8/h1-5,10H,(H2,13,14). The van der Waals surface area contributed by atoms with Crippen molar-refractivity contribution >= 4 is 5.82 Å². The quantitative estimate of drug-likeness (QED) is 0.829. The summed E-state index contributed by atoms with van der Waals surface area (Å²) in [5.74, 6) is 0.613. The van der Waals surface area contributed by atoms with Crippen LogP contribution in [-0.2, 0) is 0 Å². The molecular formula is C10H8F2N2O. The number of hydrogen-bond acceptors (Lipinski definition) is 3. The van der Waals surface area contributed by atoms with Crippen molar-refractivity contribution in [2.45, 2.75) is 6.43 Å². The number of rotatable bonds is 2. The second kappa shape index (κ2) is 3.68. The molecule has 1 aromatic carbocycles. The molecule has 0 unspecified atom stereocenters. The smallest absolute Gasteiger partial charge is 0.263 e. The third-order valence-electron chi connectivity index (χ3n) is 1.95. The first kappa shape index (κ1) is 9.64. The molecule has 0 aliphatic rings. The Kier molecular flexibility index (Phi) is 2.37. The topological polar surface area (TPSA) is 52.0 Å².